The van der Waals surface area contributed by atoms with Crippen molar-refractivity contribution in [1.82, 2.24) is 24.5 Å². The topological polar surface area (TPSA) is 75.9 Å². The molecule has 0 N–H and O–H groups in total. The van der Waals surface area contributed by atoms with Gasteiger partial charge in [0.25, 0.3) is 0 Å². The highest BCUT2D eigenvalue weighted by Gasteiger charge is 2.24. The number of pyridine rings is 1. The van der Waals surface area contributed by atoms with Gasteiger partial charge in [-0.05, 0) is 32.0 Å². The fourth-order valence-electron chi connectivity index (χ4n) is 3.13. The summed E-state index contributed by atoms with van der Waals surface area (Å²) in [5.74, 6) is 0.872. The number of ether oxygens (including phenoxy) is 1. The van der Waals surface area contributed by atoms with Gasteiger partial charge in [-0.3, -0.25) is 4.98 Å². The van der Waals surface area contributed by atoms with Crippen LogP contribution in [0.15, 0.2) is 42.9 Å². The summed E-state index contributed by atoms with van der Waals surface area (Å²) in [6.07, 6.45) is 5.10. The van der Waals surface area contributed by atoms with Gasteiger partial charge in [0, 0.05) is 38.6 Å². The molecule has 0 bridgehead atoms. The number of fused-ring (bicyclic) bond motifs is 1. The lowest BCUT2D eigenvalue weighted by atomic mass is 10.2. The highest BCUT2D eigenvalue weighted by molar-refractivity contribution is 5.75. The highest BCUT2D eigenvalue weighted by atomic mass is 16.6. The number of anilines is 1. The molecule has 1 aliphatic heterocycles. The molecule has 3 aromatic rings. The van der Waals surface area contributed by atoms with Crippen molar-refractivity contribution in [3.8, 4) is 11.3 Å². The summed E-state index contributed by atoms with van der Waals surface area (Å²) in [4.78, 5) is 25.2. The molecule has 0 unspecified atom stereocenters. The van der Waals surface area contributed by atoms with Crippen LogP contribution in [0.4, 0.5) is 10.6 Å². The summed E-state index contributed by atoms with van der Waals surface area (Å²) in [5.41, 5.74) is 2.52. The second-order valence-corrected chi connectivity index (χ2v) is 6.73. The Morgan fingerprint density at radius 2 is 1.96 bits per heavy atom. The maximum Gasteiger partial charge on any atom is 0.410 e. The van der Waals surface area contributed by atoms with Crippen LogP contribution < -0.4 is 4.90 Å². The van der Waals surface area contributed by atoms with Crippen LogP contribution in [0.3, 0.4) is 0 Å². The zero-order valence-electron chi connectivity index (χ0n) is 15.4. The maximum absolute atomic E-state index is 12.0. The van der Waals surface area contributed by atoms with Crippen molar-refractivity contribution in [2.24, 2.45) is 0 Å². The Bertz CT molecular complexity index is 932. The van der Waals surface area contributed by atoms with Gasteiger partial charge in [0.15, 0.2) is 5.65 Å². The highest BCUT2D eigenvalue weighted by Crippen LogP contribution is 2.23. The van der Waals surface area contributed by atoms with Crippen LogP contribution in [-0.4, -0.2) is 62.9 Å². The lowest BCUT2D eigenvalue weighted by Gasteiger charge is -2.35. The first-order chi connectivity index (χ1) is 13.1. The summed E-state index contributed by atoms with van der Waals surface area (Å²) in [7, 11) is 0. The average molecular weight is 366 g/mol. The molecule has 8 nitrogen and oxygen atoms in total. The molecule has 0 aromatic carbocycles. The third kappa shape index (κ3) is 3.55. The van der Waals surface area contributed by atoms with E-state index < -0.39 is 0 Å². The number of aromatic nitrogens is 4. The van der Waals surface area contributed by atoms with Gasteiger partial charge in [-0.1, -0.05) is 6.07 Å². The molecule has 27 heavy (non-hydrogen) atoms. The van der Waals surface area contributed by atoms with E-state index in [0.29, 0.717) is 26.2 Å². The van der Waals surface area contributed by atoms with E-state index in [-0.39, 0.29) is 12.2 Å². The molecule has 0 saturated carbocycles. The van der Waals surface area contributed by atoms with Gasteiger partial charge in [-0.15, -0.1) is 0 Å². The average Bonchev–Trinajstić information content (AvgIpc) is 3.11. The van der Waals surface area contributed by atoms with Crippen molar-refractivity contribution in [3.63, 3.8) is 0 Å². The Labute approximate surface area is 157 Å². The van der Waals surface area contributed by atoms with Crippen LogP contribution in [0.1, 0.15) is 13.8 Å². The van der Waals surface area contributed by atoms with Crippen molar-refractivity contribution >= 4 is 17.6 Å². The number of amides is 1. The minimum atomic E-state index is -0.249. The van der Waals surface area contributed by atoms with Gasteiger partial charge in [0.2, 0.25) is 0 Å². The molecule has 0 atom stereocenters. The number of rotatable bonds is 3. The molecule has 4 heterocycles. The van der Waals surface area contributed by atoms with Gasteiger partial charge >= 0.3 is 6.09 Å². The van der Waals surface area contributed by atoms with Crippen molar-refractivity contribution in [2.45, 2.75) is 20.0 Å². The normalized spacial score (nSPS) is 14.8. The van der Waals surface area contributed by atoms with Gasteiger partial charge < -0.3 is 14.5 Å². The monoisotopic (exact) mass is 366 g/mol. The van der Waals surface area contributed by atoms with Crippen LogP contribution in [0.25, 0.3) is 16.9 Å². The number of nitrogens with zero attached hydrogens (tertiary/aromatic N) is 6. The molecule has 0 aliphatic carbocycles. The standard InChI is InChI=1S/C19H22N6O2/c1-14(2)27-19(26)24-11-9-23(10-12-24)17-6-8-25-18(22-17)15(13-21-25)16-5-3-4-7-20-16/h3-8,13-14H,9-12H2,1-2H3. The first-order valence-electron chi connectivity index (χ1n) is 9.08. The van der Waals surface area contributed by atoms with Gasteiger partial charge in [0.05, 0.1) is 23.6 Å². The molecule has 0 radical (unpaired) electrons. The van der Waals surface area contributed by atoms with Gasteiger partial charge in [0.1, 0.15) is 5.82 Å². The van der Waals surface area contributed by atoms with Crippen molar-refractivity contribution in [2.75, 3.05) is 31.1 Å². The maximum atomic E-state index is 12.0. The van der Waals surface area contributed by atoms with Crippen molar-refractivity contribution in [3.05, 3.63) is 42.9 Å². The van der Waals surface area contributed by atoms with Crippen LogP contribution in [0.5, 0.6) is 0 Å². The van der Waals surface area contributed by atoms with E-state index >= 15 is 0 Å². The zero-order chi connectivity index (χ0) is 18.8. The molecule has 140 valence electrons. The molecule has 1 fully saturated rings. The predicted molar refractivity (Wildman–Crippen MR) is 102 cm³/mol. The first-order valence-corrected chi connectivity index (χ1v) is 9.08. The van der Waals surface area contributed by atoms with E-state index in [2.05, 4.69) is 15.0 Å². The van der Waals surface area contributed by atoms with E-state index in [1.54, 1.807) is 21.8 Å². The molecular weight excluding hydrogens is 344 g/mol. The predicted octanol–water partition coefficient (Wildman–Crippen LogP) is 2.46. The van der Waals surface area contributed by atoms with Crippen molar-refractivity contribution in [1.29, 1.82) is 0 Å². The smallest absolute Gasteiger partial charge is 0.410 e. The molecule has 4 rings (SSSR count). The Kier molecular flexibility index (Phi) is 4.62. The summed E-state index contributed by atoms with van der Waals surface area (Å²) >= 11 is 0. The Balaban J connectivity index is 1.53. The number of piperazine rings is 1. The molecule has 8 heteroatoms. The summed E-state index contributed by atoms with van der Waals surface area (Å²) in [5, 5.41) is 4.37. The number of carbonyl (C=O) groups excluding carboxylic acids is 1. The second kappa shape index (κ2) is 7.22. The summed E-state index contributed by atoms with van der Waals surface area (Å²) < 4.78 is 7.03. The van der Waals surface area contributed by atoms with Crippen LogP contribution in [0.2, 0.25) is 0 Å². The van der Waals surface area contributed by atoms with Gasteiger partial charge in [-0.2, -0.15) is 5.10 Å². The lowest BCUT2D eigenvalue weighted by molar-refractivity contribution is 0.0751. The molecule has 1 aliphatic rings. The Hall–Kier alpha value is -3.16. The molecule has 0 spiro atoms. The fourth-order valence-corrected chi connectivity index (χ4v) is 3.13. The SMILES string of the molecule is CC(C)OC(=O)N1CCN(c2ccn3ncc(-c4ccccn4)c3n2)CC1. The molecule has 3 aromatic heterocycles. The minimum Gasteiger partial charge on any atom is -0.447 e. The Morgan fingerprint density at radius 1 is 1.15 bits per heavy atom. The first kappa shape index (κ1) is 17.3. The van der Waals surface area contributed by atoms with E-state index in [1.165, 1.54) is 0 Å². The summed E-state index contributed by atoms with van der Waals surface area (Å²) in [6.45, 7) is 6.37. The van der Waals surface area contributed by atoms with Crippen LogP contribution in [0, 0.1) is 0 Å². The summed E-state index contributed by atoms with van der Waals surface area (Å²) in [6, 6.07) is 7.73. The van der Waals surface area contributed by atoms with E-state index in [1.807, 2.05) is 44.3 Å². The second-order valence-electron chi connectivity index (χ2n) is 6.73. The number of hydrogen-bond donors (Lipinski definition) is 0. The molecular formula is C19H22N6O2. The Morgan fingerprint density at radius 3 is 2.67 bits per heavy atom. The zero-order valence-corrected chi connectivity index (χ0v) is 15.4. The largest absolute Gasteiger partial charge is 0.447 e. The van der Waals surface area contributed by atoms with Crippen LogP contribution >= 0.6 is 0 Å². The quantitative estimate of drug-likeness (QED) is 0.709. The minimum absolute atomic E-state index is 0.105. The molecule has 1 amide bonds. The fraction of sp³-hybridized carbons (Fsp3) is 0.368. The van der Waals surface area contributed by atoms with E-state index in [4.69, 9.17) is 9.72 Å². The van der Waals surface area contributed by atoms with E-state index in [9.17, 15) is 4.79 Å². The lowest BCUT2D eigenvalue weighted by Crippen LogP contribution is -2.49. The van der Waals surface area contributed by atoms with Gasteiger partial charge in [-0.25, -0.2) is 14.3 Å². The third-order valence-corrected chi connectivity index (χ3v) is 4.49. The molecule has 1 saturated heterocycles. The number of hydrogen-bond acceptors (Lipinski definition) is 6. The third-order valence-electron chi connectivity index (χ3n) is 4.49. The number of carbonyl (C=O) groups is 1. The van der Waals surface area contributed by atoms with Crippen LogP contribution in [-0.2, 0) is 4.74 Å². The van der Waals surface area contributed by atoms with E-state index in [0.717, 1.165) is 22.7 Å². The van der Waals surface area contributed by atoms with Crippen molar-refractivity contribution < 1.29 is 9.53 Å².